The molecule has 14 heavy (non-hydrogen) atoms. The molecule has 1 aromatic rings. The molecule has 74 valence electrons. The van der Waals surface area contributed by atoms with Crippen LogP contribution in [0, 0.1) is 0 Å². The summed E-state index contributed by atoms with van der Waals surface area (Å²) >= 11 is 5.44. The SMILES string of the molecule is CC(=C=CCl)CCCc1ccccc1. The Kier molecular flexibility index (Phi) is 5.14. The monoisotopic (exact) mass is 206 g/mol. The number of aryl methyl sites for hydroxylation is 1. The summed E-state index contributed by atoms with van der Waals surface area (Å²) in [4.78, 5) is 0. The van der Waals surface area contributed by atoms with Crippen LogP contribution in [0.2, 0.25) is 0 Å². The van der Waals surface area contributed by atoms with E-state index in [9.17, 15) is 0 Å². The van der Waals surface area contributed by atoms with E-state index in [0.29, 0.717) is 0 Å². The van der Waals surface area contributed by atoms with Gasteiger partial charge in [0.25, 0.3) is 0 Å². The number of hydrogen-bond donors (Lipinski definition) is 0. The Morgan fingerprint density at radius 1 is 1.36 bits per heavy atom. The van der Waals surface area contributed by atoms with Gasteiger partial charge >= 0.3 is 0 Å². The summed E-state index contributed by atoms with van der Waals surface area (Å²) in [5, 5.41) is 0. The van der Waals surface area contributed by atoms with Gasteiger partial charge in [-0.25, -0.2) is 0 Å². The Labute approximate surface area is 90.9 Å². The van der Waals surface area contributed by atoms with Crippen LogP contribution in [0.5, 0.6) is 0 Å². The molecule has 0 radical (unpaired) electrons. The van der Waals surface area contributed by atoms with E-state index >= 15 is 0 Å². The fraction of sp³-hybridized carbons (Fsp3) is 0.308. The summed E-state index contributed by atoms with van der Waals surface area (Å²) in [6.45, 7) is 2.06. The molecule has 0 heterocycles. The van der Waals surface area contributed by atoms with Crippen molar-refractivity contribution in [1.82, 2.24) is 0 Å². The first-order valence-electron chi connectivity index (χ1n) is 4.87. The standard InChI is InChI=1S/C13H15Cl/c1-12(10-11-14)6-5-9-13-7-3-2-4-8-13/h2-4,7-8,11H,5-6,9H2,1H3. The van der Waals surface area contributed by atoms with Gasteiger partial charge in [0.1, 0.15) is 0 Å². The predicted octanol–water partition coefficient (Wildman–Crippen LogP) is 4.31. The zero-order valence-electron chi connectivity index (χ0n) is 8.46. The van der Waals surface area contributed by atoms with Gasteiger partial charge in [-0.2, -0.15) is 0 Å². The van der Waals surface area contributed by atoms with Gasteiger partial charge in [-0.05, 0) is 37.3 Å². The molecule has 0 atom stereocenters. The first-order valence-corrected chi connectivity index (χ1v) is 5.31. The van der Waals surface area contributed by atoms with Gasteiger partial charge in [-0.1, -0.05) is 41.9 Å². The quantitative estimate of drug-likeness (QED) is 0.645. The molecular formula is C13H15Cl. The summed E-state index contributed by atoms with van der Waals surface area (Å²) in [6, 6.07) is 10.5. The molecular weight excluding hydrogens is 192 g/mol. The van der Waals surface area contributed by atoms with E-state index in [1.54, 1.807) is 0 Å². The van der Waals surface area contributed by atoms with Gasteiger partial charge < -0.3 is 0 Å². The average Bonchev–Trinajstić information content (AvgIpc) is 2.20. The lowest BCUT2D eigenvalue weighted by atomic mass is 10.1. The first kappa shape index (κ1) is 11.1. The van der Waals surface area contributed by atoms with Crippen molar-refractivity contribution in [3.8, 4) is 0 Å². The number of hydrogen-bond acceptors (Lipinski definition) is 0. The molecule has 0 nitrogen and oxygen atoms in total. The van der Waals surface area contributed by atoms with Crippen molar-refractivity contribution in [3.05, 3.63) is 52.7 Å². The highest BCUT2D eigenvalue weighted by Crippen LogP contribution is 2.08. The van der Waals surface area contributed by atoms with Crippen molar-refractivity contribution in [2.45, 2.75) is 26.2 Å². The molecule has 0 aromatic heterocycles. The molecule has 0 saturated heterocycles. The van der Waals surface area contributed by atoms with Crippen LogP contribution in [-0.4, -0.2) is 0 Å². The number of halogens is 1. The average molecular weight is 207 g/mol. The lowest BCUT2D eigenvalue weighted by molar-refractivity contribution is 0.813. The molecule has 0 aliphatic carbocycles. The number of benzene rings is 1. The van der Waals surface area contributed by atoms with E-state index in [1.807, 2.05) is 6.07 Å². The van der Waals surface area contributed by atoms with Crippen LogP contribution in [0.15, 0.2) is 47.2 Å². The van der Waals surface area contributed by atoms with Crippen LogP contribution >= 0.6 is 11.6 Å². The fourth-order valence-electron chi connectivity index (χ4n) is 1.37. The summed E-state index contributed by atoms with van der Waals surface area (Å²) in [7, 11) is 0. The van der Waals surface area contributed by atoms with Crippen molar-refractivity contribution >= 4 is 11.6 Å². The lowest BCUT2D eigenvalue weighted by Gasteiger charge is -2.00. The third-order valence-corrected chi connectivity index (χ3v) is 2.27. The van der Waals surface area contributed by atoms with E-state index in [4.69, 9.17) is 11.6 Å². The molecule has 1 aromatic carbocycles. The van der Waals surface area contributed by atoms with Crippen molar-refractivity contribution < 1.29 is 0 Å². The maximum Gasteiger partial charge on any atom is 0.0462 e. The van der Waals surface area contributed by atoms with Gasteiger partial charge in [0.05, 0.1) is 0 Å². The Hall–Kier alpha value is -0.970. The van der Waals surface area contributed by atoms with Crippen LogP contribution in [-0.2, 0) is 6.42 Å². The third kappa shape index (κ3) is 4.32. The second-order valence-electron chi connectivity index (χ2n) is 3.37. The maximum absolute atomic E-state index is 5.44. The Morgan fingerprint density at radius 3 is 2.71 bits per heavy atom. The summed E-state index contributed by atoms with van der Waals surface area (Å²) in [6.07, 6.45) is 3.35. The van der Waals surface area contributed by atoms with Crippen molar-refractivity contribution in [2.75, 3.05) is 0 Å². The van der Waals surface area contributed by atoms with E-state index in [1.165, 1.54) is 16.7 Å². The van der Waals surface area contributed by atoms with Crippen molar-refractivity contribution in [1.29, 1.82) is 0 Å². The van der Waals surface area contributed by atoms with Crippen LogP contribution in [0.3, 0.4) is 0 Å². The molecule has 0 aliphatic heterocycles. The molecule has 0 saturated carbocycles. The smallest absolute Gasteiger partial charge is 0.0462 e. The van der Waals surface area contributed by atoms with E-state index < -0.39 is 0 Å². The van der Waals surface area contributed by atoms with Gasteiger partial charge in [0, 0.05) is 5.54 Å². The Balaban J connectivity index is 2.33. The second-order valence-corrected chi connectivity index (χ2v) is 3.59. The minimum Gasteiger partial charge on any atom is -0.110 e. The lowest BCUT2D eigenvalue weighted by Crippen LogP contribution is -1.85. The molecule has 0 amide bonds. The largest absolute Gasteiger partial charge is 0.110 e. The van der Waals surface area contributed by atoms with Gasteiger partial charge in [-0.3, -0.25) is 0 Å². The van der Waals surface area contributed by atoms with Gasteiger partial charge in [-0.15, -0.1) is 5.73 Å². The Bertz CT molecular complexity index is 318. The van der Waals surface area contributed by atoms with Crippen LogP contribution in [0.1, 0.15) is 25.3 Å². The summed E-state index contributed by atoms with van der Waals surface area (Å²) in [5.41, 5.74) is 7.06. The first-order chi connectivity index (χ1) is 6.83. The molecule has 0 bridgehead atoms. The maximum atomic E-state index is 5.44. The normalized spacial score (nSPS) is 9.29. The topological polar surface area (TPSA) is 0 Å². The minimum atomic E-state index is 1.07. The highest BCUT2D eigenvalue weighted by Gasteiger charge is 1.92. The molecule has 1 heteroatoms. The number of rotatable bonds is 4. The van der Waals surface area contributed by atoms with Crippen molar-refractivity contribution in [2.24, 2.45) is 0 Å². The highest BCUT2D eigenvalue weighted by molar-refractivity contribution is 6.25. The zero-order chi connectivity index (χ0) is 10.2. The van der Waals surface area contributed by atoms with Crippen LogP contribution in [0.25, 0.3) is 0 Å². The van der Waals surface area contributed by atoms with Gasteiger partial charge in [0.2, 0.25) is 0 Å². The Morgan fingerprint density at radius 2 is 2.07 bits per heavy atom. The molecule has 1 rings (SSSR count). The molecule has 0 aliphatic rings. The number of allylic oxidation sites excluding steroid dienone is 1. The second kappa shape index (κ2) is 6.48. The minimum absolute atomic E-state index is 1.07. The van der Waals surface area contributed by atoms with E-state index in [0.717, 1.165) is 19.3 Å². The molecule has 0 unspecified atom stereocenters. The van der Waals surface area contributed by atoms with Gasteiger partial charge in [0.15, 0.2) is 0 Å². The van der Waals surface area contributed by atoms with Crippen molar-refractivity contribution in [3.63, 3.8) is 0 Å². The zero-order valence-corrected chi connectivity index (χ0v) is 9.22. The molecule has 0 fully saturated rings. The van der Waals surface area contributed by atoms with E-state index in [-0.39, 0.29) is 0 Å². The third-order valence-electron chi connectivity index (χ3n) is 2.16. The highest BCUT2D eigenvalue weighted by atomic mass is 35.5. The van der Waals surface area contributed by atoms with Crippen LogP contribution < -0.4 is 0 Å². The summed E-state index contributed by atoms with van der Waals surface area (Å²) < 4.78 is 0. The van der Waals surface area contributed by atoms with Crippen LogP contribution in [0.4, 0.5) is 0 Å². The molecule has 0 spiro atoms. The fourth-order valence-corrected chi connectivity index (χ4v) is 1.55. The summed E-state index contributed by atoms with van der Waals surface area (Å²) in [5.74, 6) is 0. The molecule has 0 N–H and O–H groups in total. The predicted molar refractivity (Wildman–Crippen MR) is 62.5 cm³/mol. The van der Waals surface area contributed by atoms with E-state index in [2.05, 4.69) is 36.9 Å².